The molecule has 0 atom stereocenters. The van der Waals surface area contributed by atoms with Crippen LogP contribution < -0.4 is 19.5 Å². The monoisotopic (exact) mass is 373 g/mol. The van der Waals surface area contributed by atoms with E-state index in [9.17, 15) is 4.79 Å². The number of carbonyl (C=O) groups is 1. The predicted molar refractivity (Wildman–Crippen MR) is 101 cm³/mol. The Labute approximate surface area is 157 Å². The minimum Gasteiger partial charge on any atom is -0.490 e. The molecule has 0 aromatic heterocycles. The van der Waals surface area contributed by atoms with Crippen molar-refractivity contribution in [2.45, 2.75) is 6.42 Å². The first-order chi connectivity index (χ1) is 12.7. The van der Waals surface area contributed by atoms with Gasteiger partial charge in [0.2, 0.25) is 0 Å². The lowest BCUT2D eigenvalue weighted by Gasteiger charge is -2.20. The van der Waals surface area contributed by atoms with Crippen LogP contribution in [0.1, 0.15) is 15.9 Å². The van der Waals surface area contributed by atoms with Gasteiger partial charge in [-0.2, -0.15) is 0 Å². The number of hydrogen-bond acceptors (Lipinski definition) is 4. The Bertz CT molecular complexity index is 789. The van der Waals surface area contributed by atoms with Crippen molar-refractivity contribution in [1.82, 2.24) is 5.32 Å². The summed E-state index contributed by atoms with van der Waals surface area (Å²) in [7, 11) is 0. The van der Waals surface area contributed by atoms with Crippen LogP contribution in [0.2, 0.25) is 5.02 Å². The molecule has 26 heavy (non-hydrogen) atoms. The summed E-state index contributed by atoms with van der Waals surface area (Å²) in [6, 6.07) is 10.7. The summed E-state index contributed by atoms with van der Waals surface area (Å²) >= 11 is 6.23. The van der Waals surface area contributed by atoms with Gasteiger partial charge in [-0.15, -0.1) is 0 Å². The molecule has 2 aromatic carbocycles. The van der Waals surface area contributed by atoms with E-state index in [1.807, 2.05) is 12.1 Å². The van der Waals surface area contributed by atoms with E-state index in [0.717, 1.165) is 5.56 Å². The fourth-order valence-electron chi connectivity index (χ4n) is 2.59. The van der Waals surface area contributed by atoms with Crippen molar-refractivity contribution >= 4 is 17.5 Å². The predicted octanol–water partition coefficient (Wildman–Crippen LogP) is 3.65. The van der Waals surface area contributed by atoms with Gasteiger partial charge in [-0.05, 0) is 48.4 Å². The number of fused-ring (bicyclic) bond motifs is 1. The number of carbonyl (C=O) groups excluding carboxylic acids is 1. The number of amides is 1. The minimum absolute atomic E-state index is 0.135. The van der Waals surface area contributed by atoms with E-state index < -0.39 is 0 Å². The topological polar surface area (TPSA) is 56.8 Å². The van der Waals surface area contributed by atoms with Gasteiger partial charge < -0.3 is 19.5 Å². The maximum absolute atomic E-state index is 12.2. The standard InChI is InChI=1S/C20H20ClNO4/c1-2-9-24-16-5-3-15(4-6-16)20(23)22-8-7-14-12-17(21)19-18(13-14)25-10-11-26-19/h2-6,12-13H,1,7-11H2,(H,22,23). The van der Waals surface area contributed by atoms with Gasteiger partial charge in [-0.3, -0.25) is 4.79 Å². The zero-order chi connectivity index (χ0) is 18.4. The fourth-order valence-corrected chi connectivity index (χ4v) is 2.88. The maximum Gasteiger partial charge on any atom is 0.251 e. The first kappa shape index (κ1) is 18.1. The molecule has 0 radical (unpaired) electrons. The SMILES string of the molecule is C=CCOc1ccc(C(=O)NCCc2cc(Cl)c3c(c2)OCCO3)cc1. The maximum atomic E-state index is 12.2. The quantitative estimate of drug-likeness (QED) is 0.753. The molecule has 0 fully saturated rings. The number of nitrogens with one attached hydrogen (secondary N) is 1. The van der Waals surface area contributed by atoms with Crippen LogP contribution in [0.3, 0.4) is 0 Å². The highest BCUT2D eigenvalue weighted by Crippen LogP contribution is 2.38. The van der Waals surface area contributed by atoms with Crippen molar-refractivity contribution in [2.75, 3.05) is 26.4 Å². The van der Waals surface area contributed by atoms with E-state index in [2.05, 4.69) is 11.9 Å². The molecule has 136 valence electrons. The van der Waals surface area contributed by atoms with Crippen molar-refractivity contribution in [3.8, 4) is 17.2 Å². The van der Waals surface area contributed by atoms with Crippen molar-refractivity contribution < 1.29 is 19.0 Å². The molecule has 6 heteroatoms. The molecule has 1 heterocycles. The normalized spacial score (nSPS) is 12.3. The molecular weight excluding hydrogens is 354 g/mol. The third-order valence-corrected chi connectivity index (χ3v) is 4.12. The minimum atomic E-state index is -0.135. The Kier molecular flexibility index (Phi) is 6.02. The summed E-state index contributed by atoms with van der Waals surface area (Å²) in [6.07, 6.45) is 2.31. The summed E-state index contributed by atoms with van der Waals surface area (Å²) in [6.45, 7) is 5.53. The summed E-state index contributed by atoms with van der Waals surface area (Å²) in [5, 5.41) is 3.43. The third-order valence-electron chi connectivity index (χ3n) is 3.84. The fraction of sp³-hybridized carbons (Fsp3) is 0.250. The second-order valence-electron chi connectivity index (χ2n) is 5.73. The molecule has 0 spiro atoms. The summed E-state index contributed by atoms with van der Waals surface area (Å²) in [5.74, 6) is 1.81. The highest BCUT2D eigenvalue weighted by molar-refractivity contribution is 6.32. The Morgan fingerprint density at radius 2 is 2.00 bits per heavy atom. The van der Waals surface area contributed by atoms with E-state index >= 15 is 0 Å². The molecule has 1 aliphatic rings. The summed E-state index contributed by atoms with van der Waals surface area (Å²) < 4.78 is 16.5. The van der Waals surface area contributed by atoms with E-state index in [1.165, 1.54) is 0 Å². The number of ether oxygens (including phenoxy) is 3. The summed E-state index contributed by atoms with van der Waals surface area (Å²) in [4.78, 5) is 12.2. The van der Waals surface area contributed by atoms with Crippen LogP contribution in [0, 0.1) is 0 Å². The Balaban J connectivity index is 1.53. The molecule has 1 amide bonds. The Hall–Kier alpha value is -2.66. The lowest BCUT2D eigenvalue weighted by molar-refractivity contribution is 0.0954. The Morgan fingerprint density at radius 1 is 1.23 bits per heavy atom. The van der Waals surface area contributed by atoms with Gasteiger partial charge in [0.15, 0.2) is 11.5 Å². The van der Waals surface area contributed by atoms with Crippen LogP contribution >= 0.6 is 11.6 Å². The first-order valence-corrected chi connectivity index (χ1v) is 8.75. The lowest BCUT2D eigenvalue weighted by Crippen LogP contribution is -2.25. The van der Waals surface area contributed by atoms with E-state index in [1.54, 1.807) is 30.3 Å². The van der Waals surface area contributed by atoms with Crippen LogP contribution in [0.15, 0.2) is 49.1 Å². The van der Waals surface area contributed by atoms with Crippen molar-refractivity contribution in [3.63, 3.8) is 0 Å². The first-order valence-electron chi connectivity index (χ1n) is 8.37. The third kappa shape index (κ3) is 4.49. The highest BCUT2D eigenvalue weighted by Gasteiger charge is 2.16. The molecule has 1 N–H and O–H groups in total. The molecule has 0 aliphatic carbocycles. The van der Waals surface area contributed by atoms with E-state index in [4.69, 9.17) is 25.8 Å². The molecule has 2 aromatic rings. The van der Waals surface area contributed by atoms with Gasteiger partial charge in [0.1, 0.15) is 25.6 Å². The van der Waals surface area contributed by atoms with Crippen LogP contribution in [-0.2, 0) is 6.42 Å². The molecule has 0 saturated heterocycles. The van der Waals surface area contributed by atoms with Crippen molar-refractivity contribution in [1.29, 1.82) is 0 Å². The number of halogens is 1. The van der Waals surface area contributed by atoms with Crippen LogP contribution in [0.25, 0.3) is 0 Å². The van der Waals surface area contributed by atoms with Gasteiger partial charge in [0, 0.05) is 12.1 Å². The molecule has 0 saturated carbocycles. The van der Waals surface area contributed by atoms with Crippen molar-refractivity contribution in [2.24, 2.45) is 0 Å². The molecule has 0 bridgehead atoms. The number of benzene rings is 2. The van der Waals surface area contributed by atoms with E-state index in [-0.39, 0.29) is 5.91 Å². The smallest absolute Gasteiger partial charge is 0.251 e. The number of hydrogen-bond donors (Lipinski definition) is 1. The van der Waals surface area contributed by atoms with E-state index in [0.29, 0.717) is 60.6 Å². The molecule has 5 nitrogen and oxygen atoms in total. The second-order valence-corrected chi connectivity index (χ2v) is 6.14. The molecule has 0 unspecified atom stereocenters. The molecule has 3 rings (SSSR count). The van der Waals surface area contributed by atoms with Crippen LogP contribution in [-0.4, -0.2) is 32.3 Å². The zero-order valence-electron chi connectivity index (χ0n) is 14.3. The zero-order valence-corrected chi connectivity index (χ0v) is 15.1. The molecule has 1 aliphatic heterocycles. The van der Waals surface area contributed by atoms with Gasteiger partial charge in [0.05, 0.1) is 5.02 Å². The average Bonchev–Trinajstić information content (AvgIpc) is 2.67. The number of rotatable bonds is 7. The van der Waals surface area contributed by atoms with Crippen molar-refractivity contribution in [3.05, 3.63) is 65.2 Å². The second kappa shape index (κ2) is 8.63. The van der Waals surface area contributed by atoms with Gasteiger partial charge in [-0.1, -0.05) is 24.3 Å². The van der Waals surface area contributed by atoms with Gasteiger partial charge in [-0.25, -0.2) is 0 Å². The highest BCUT2D eigenvalue weighted by atomic mass is 35.5. The van der Waals surface area contributed by atoms with Crippen LogP contribution in [0.4, 0.5) is 0 Å². The average molecular weight is 374 g/mol. The van der Waals surface area contributed by atoms with Crippen LogP contribution in [0.5, 0.6) is 17.2 Å². The molecular formula is C20H20ClNO4. The Morgan fingerprint density at radius 3 is 2.77 bits per heavy atom. The largest absolute Gasteiger partial charge is 0.490 e. The lowest BCUT2D eigenvalue weighted by atomic mass is 10.1. The van der Waals surface area contributed by atoms with Gasteiger partial charge in [0.25, 0.3) is 5.91 Å². The van der Waals surface area contributed by atoms with Gasteiger partial charge >= 0.3 is 0 Å². The summed E-state index contributed by atoms with van der Waals surface area (Å²) in [5.41, 5.74) is 1.56.